The molecule has 15 heavy (non-hydrogen) atoms. The van der Waals surface area contributed by atoms with Crippen LogP contribution in [0.1, 0.15) is 47.0 Å². The van der Waals surface area contributed by atoms with Gasteiger partial charge >= 0.3 is 0 Å². The molecule has 0 spiro atoms. The quantitative estimate of drug-likeness (QED) is 0.732. The van der Waals surface area contributed by atoms with Crippen LogP contribution in [0.4, 0.5) is 0 Å². The van der Waals surface area contributed by atoms with E-state index in [2.05, 4.69) is 33.0 Å². The lowest BCUT2D eigenvalue weighted by molar-refractivity contribution is 0.0578. The number of rotatable bonds is 6. The van der Waals surface area contributed by atoms with Gasteiger partial charge in [0, 0.05) is 19.2 Å². The average molecular weight is 213 g/mol. The van der Waals surface area contributed by atoms with E-state index in [4.69, 9.17) is 4.74 Å². The van der Waals surface area contributed by atoms with E-state index >= 15 is 0 Å². The Kier molecular flexibility index (Phi) is 5.62. The first kappa shape index (κ1) is 13.0. The zero-order valence-corrected chi connectivity index (χ0v) is 10.8. The largest absolute Gasteiger partial charge is 0.377 e. The molecule has 0 aromatic rings. The summed E-state index contributed by atoms with van der Waals surface area (Å²) in [6, 6.07) is 0.689. The Bertz CT molecular complexity index is 168. The van der Waals surface area contributed by atoms with Gasteiger partial charge in [-0.2, -0.15) is 0 Å². The fourth-order valence-corrected chi connectivity index (χ4v) is 2.13. The van der Waals surface area contributed by atoms with Crippen LogP contribution < -0.4 is 5.32 Å². The van der Waals surface area contributed by atoms with Gasteiger partial charge < -0.3 is 10.1 Å². The Morgan fingerprint density at radius 3 is 2.53 bits per heavy atom. The van der Waals surface area contributed by atoms with Crippen molar-refractivity contribution in [2.75, 3.05) is 13.2 Å². The van der Waals surface area contributed by atoms with E-state index in [0.29, 0.717) is 12.1 Å². The van der Waals surface area contributed by atoms with Crippen LogP contribution in [0.15, 0.2) is 0 Å². The molecular formula is C13H27NO. The van der Waals surface area contributed by atoms with Gasteiger partial charge in [0.25, 0.3) is 0 Å². The minimum atomic E-state index is 0.465. The monoisotopic (exact) mass is 213 g/mol. The van der Waals surface area contributed by atoms with Crippen molar-refractivity contribution in [2.24, 2.45) is 11.8 Å². The molecule has 0 bridgehead atoms. The molecule has 2 atom stereocenters. The van der Waals surface area contributed by atoms with Crippen LogP contribution in [-0.4, -0.2) is 25.3 Å². The normalized spacial score (nSPS) is 26.8. The maximum atomic E-state index is 5.86. The summed E-state index contributed by atoms with van der Waals surface area (Å²) < 4.78 is 5.86. The number of ether oxygens (including phenoxy) is 1. The molecule has 0 radical (unpaired) electrons. The predicted molar refractivity (Wildman–Crippen MR) is 65.1 cm³/mol. The van der Waals surface area contributed by atoms with E-state index in [-0.39, 0.29) is 0 Å². The van der Waals surface area contributed by atoms with Crippen molar-refractivity contribution in [3.8, 4) is 0 Å². The minimum Gasteiger partial charge on any atom is -0.377 e. The van der Waals surface area contributed by atoms with Gasteiger partial charge in [-0.05, 0) is 31.1 Å². The molecule has 0 aromatic heterocycles. The maximum Gasteiger partial charge on any atom is 0.0714 e. The van der Waals surface area contributed by atoms with Gasteiger partial charge in [-0.3, -0.25) is 0 Å². The van der Waals surface area contributed by atoms with Crippen molar-refractivity contribution in [1.82, 2.24) is 5.32 Å². The molecule has 1 heterocycles. The summed E-state index contributed by atoms with van der Waals surface area (Å²) in [5, 5.41) is 3.55. The summed E-state index contributed by atoms with van der Waals surface area (Å²) in [6.45, 7) is 11.0. The summed E-state index contributed by atoms with van der Waals surface area (Å²) in [6.07, 6.45) is 4.14. The topological polar surface area (TPSA) is 21.3 Å². The third-order valence-electron chi connectivity index (χ3n) is 2.99. The summed E-state index contributed by atoms with van der Waals surface area (Å²) in [7, 11) is 0. The van der Waals surface area contributed by atoms with Gasteiger partial charge in [0.05, 0.1) is 6.10 Å². The first-order valence-electron chi connectivity index (χ1n) is 6.43. The van der Waals surface area contributed by atoms with Crippen LogP contribution in [0.3, 0.4) is 0 Å². The Morgan fingerprint density at radius 1 is 1.20 bits per heavy atom. The summed E-state index contributed by atoms with van der Waals surface area (Å²) in [4.78, 5) is 0. The van der Waals surface area contributed by atoms with Gasteiger partial charge in [0.1, 0.15) is 0 Å². The average Bonchev–Trinajstić information content (AvgIpc) is 2.50. The lowest BCUT2D eigenvalue weighted by Crippen LogP contribution is -2.23. The van der Waals surface area contributed by atoms with Crippen LogP contribution in [0.25, 0.3) is 0 Å². The third-order valence-corrected chi connectivity index (χ3v) is 2.99. The SMILES string of the molecule is CC(C)CCO[C@@H]1CN[C@H](CC(C)C)C1. The molecule has 1 N–H and O–H groups in total. The molecule has 1 aliphatic rings. The second-order valence-corrected chi connectivity index (χ2v) is 5.65. The van der Waals surface area contributed by atoms with Crippen molar-refractivity contribution in [3.63, 3.8) is 0 Å². The fraction of sp³-hybridized carbons (Fsp3) is 1.00. The third kappa shape index (κ3) is 5.53. The van der Waals surface area contributed by atoms with Crippen LogP contribution in [-0.2, 0) is 4.74 Å². The minimum absolute atomic E-state index is 0.465. The lowest BCUT2D eigenvalue weighted by Gasteiger charge is -2.14. The maximum absolute atomic E-state index is 5.86. The van der Waals surface area contributed by atoms with E-state index in [0.717, 1.165) is 25.0 Å². The van der Waals surface area contributed by atoms with Gasteiger partial charge in [0.15, 0.2) is 0 Å². The zero-order chi connectivity index (χ0) is 11.3. The fourth-order valence-electron chi connectivity index (χ4n) is 2.13. The standard InChI is InChI=1S/C13H27NO/c1-10(2)5-6-15-13-8-12(14-9-13)7-11(3)4/h10-14H,5-9H2,1-4H3/t12-,13+/m1/s1. The van der Waals surface area contributed by atoms with Crippen LogP contribution in [0.2, 0.25) is 0 Å². The highest BCUT2D eigenvalue weighted by Gasteiger charge is 2.24. The number of hydrogen-bond donors (Lipinski definition) is 1. The van der Waals surface area contributed by atoms with Crippen LogP contribution in [0, 0.1) is 11.8 Å². The second kappa shape index (κ2) is 6.49. The summed E-state index contributed by atoms with van der Waals surface area (Å²) >= 11 is 0. The Balaban J connectivity index is 2.08. The van der Waals surface area contributed by atoms with Gasteiger partial charge in [-0.25, -0.2) is 0 Å². The molecule has 0 aliphatic carbocycles. The van der Waals surface area contributed by atoms with Gasteiger partial charge in [0.2, 0.25) is 0 Å². The highest BCUT2D eigenvalue weighted by molar-refractivity contribution is 4.82. The molecule has 0 saturated carbocycles. The van der Waals surface area contributed by atoms with Gasteiger partial charge in [-0.1, -0.05) is 27.7 Å². The molecule has 2 nitrogen and oxygen atoms in total. The van der Waals surface area contributed by atoms with E-state index in [1.54, 1.807) is 0 Å². The molecule has 0 aromatic carbocycles. The van der Waals surface area contributed by atoms with Crippen molar-refractivity contribution < 1.29 is 4.74 Å². The molecule has 1 rings (SSSR count). The highest BCUT2D eigenvalue weighted by atomic mass is 16.5. The zero-order valence-electron chi connectivity index (χ0n) is 10.8. The van der Waals surface area contributed by atoms with E-state index in [1.165, 1.54) is 19.3 Å². The van der Waals surface area contributed by atoms with Crippen molar-refractivity contribution >= 4 is 0 Å². The predicted octanol–water partition coefficient (Wildman–Crippen LogP) is 2.83. The Labute approximate surface area is 94.8 Å². The molecule has 1 aliphatic heterocycles. The van der Waals surface area contributed by atoms with Gasteiger partial charge in [-0.15, -0.1) is 0 Å². The summed E-state index contributed by atoms with van der Waals surface area (Å²) in [5.41, 5.74) is 0. The van der Waals surface area contributed by atoms with E-state index in [1.807, 2.05) is 0 Å². The lowest BCUT2D eigenvalue weighted by atomic mass is 10.0. The van der Waals surface area contributed by atoms with Crippen molar-refractivity contribution in [1.29, 1.82) is 0 Å². The molecule has 0 unspecified atom stereocenters. The second-order valence-electron chi connectivity index (χ2n) is 5.65. The molecule has 1 saturated heterocycles. The van der Waals surface area contributed by atoms with Crippen LogP contribution >= 0.6 is 0 Å². The first-order valence-corrected chi connectivity index (χ1v) is 6.43. The molecule has 2 heteroatoms. The Morgan fingerprint density at radius 2 is 1.93 bits per heavy atom. The first-order chi connectivity index (χ1) is 7.08. The highest BCUT2D eigenvalue weighted by Crippen LogP contribution is 2.17. The molecule has 90 valence electrons. The van der Waals surface area contributed by atoms with E-state index < -0.39 is 0 Å². The van der Waals surface area contributed by atoms with Crippen molar-refractivity contribution in [3.05, 3.63) is 0 Å². The number of hydrogen-bond acceptors (Lipinski definition) is 2. The Hall–Kier alpha value is -0.0800. The smallest absolute Gasteiger partial charge is 0.0714 e. The number of nitrogens with one attached hydrogen (secondary N) is 1. The van der Waals surface area contributed by atoms with Crippen LogP contribution in [0.5, 0.6) is 0 Å². The van der Waals surface area contributed by atoms with Crippen molar-refractivity contribution in [2.45, 2.75) is 59.1 Å². The summed E-state index contributed by atoms with van der Waals surface area (Å²) in [5.74, 6) is 1.54. The van der Waals surface area contributed by atoms with E-state index in [9.17, 15) is 0 Å². The molecular weight excluding hydrogens is 186 g/mol. The molecule has 1 fully saturated rings. The molecule has 0 amide bonds.